The minimum absolute atomic E-state index is 0. The molecule has 0 heterocycles. The minimum atomic E-state index is -1.68. The predicted molar refractivity (Wildman–Crippen MR) is 543 cm³/mol. The van der Waals surface area contributed by atoms with E-state index in [1.54, 1.807) is 239 Å². The standard InChI is InChI=1S/2C31H54Si.C31H38Si.C20H30Si.2CH3.2ClH.2Li.Zr/c3*1-5-8-20(2)26-19-31(29-18-24-12-7-11-23(24)17-28(26)29)32(3,4)30-14-13-25-15-21-9-6-10-22(21)16-27(25)30;1-6-8-14(2)17-13-20(21(3,4)5)19-12-16-10-7-9-15(16)11-18(17)19;;;;;;;/h2*20-31H,5-19H2,1-4H3;13-20,30-31H,5-12H2,1-4H3;11-14,20H,6-10H2,1-5H3;2*1H3;2*1H;;;/q;;;;2*-1;;;2*+1;+4/p-2. The molecule has 12 saturated carbocycles. The van der Waals surface area contributed by atoms with E-state index in [-0.39, 0.29) is 52.6 Å². The monoisotopic (exact) mass is 1850 g/mol. The third kappa shape index (κ3) is 20.1. The second kappa shape index (κ2) is 43.0. The van der Waals surface area contributed by atoms with Crippen LogP contribution in [0.2, 0.25) is 81.1 Å². The summed E-state index contributed by atoms with van der Waals surface area (Å²) in [7, 11) is 4.49. The van der Waals surface area contributed by atoms with Gasteiger partial charge in [0.2, 0.25) is 0 Å². The third-order valence-corrected chi connectivity index (χ3v) is 58.5. The van der Waals surface area contributed by atoms with Crippen molar-refractivity contribution in [3.8, 4) is 0 Å². The average Bonchev–Trinajstić information content (AvgIpc) is 1.58. The van der Waals surface area contributed by atoms with Gasteiger partial charge >= 0.3 is 75.6 Å². The maximum absolute atomic E-state index is 4.93. The van der Waals surface area contributed by atoms with E-state index in [1.807, 2.05) is 0 Å². The van der Waals surface area contributed by atoms with Crippen LogP contribution in [0.5, 0.6) is 0 Å². The largest absolute Gasteiger partial charge is 1.00 e. The molecule has 29 unspecified atom stereocenters. The Morgan fingerprint density at radius 2 is 0.653 bits per heavy atom. The van der Waals surface area contributed by atoms with Crippen LogP contribution in [0.3, 0.4) is 0 Å². The van der Waals surface area contributed by atoms with Gasteiger partial charge in [0.25, 0.3) is 0 Å². The molecule has 29 atom stereocenters. The first-order valence-electron chi connectivity index (χ1n) is 53.3. The van der Waals surface area contributed by atoms with Gasteiger partial charge in [-0.1, -0.05) is 316 Å². The number of rotatable bonds is 19. The number of hydrogen-bond donors (Lipinski definition) is 0. The van der Waals surface area contributed by atoms with Gasteiger partial charge in [0.15, 0.2) is 0 Å². The number of fused-ring (bicyclic) bond motifs is 14. The van der Waals surface area contributed by atoms with Crippen molar-refractivity contribution in [3.05, 3.63) is 136 Å². The summed E-state index contributed by atoms with van der Waals surface area (Å²) in [5.41, 5.74) is 29.6. The molecular formula is C115H182Cl2Li2Si4Zr+2. The van der Waals surface area contributed by atoms with E-state index in [1.165, 1.54) is 137 Å². The van der Waals surface area contributed by atoms with E-state index in [2.05, 4.69) is 175 Å². The van der Waals surface area contributed by atoms with E-state index in [0.29, 0.717) is 17.0 Å². The summed E-state index contributed by atoms with van der Waals surface area (Å²) < 4.78 is 0. The fourth-order valence-corrected chi connectivity index (χ4v) is 51.9. The molecule has 0 amide bonds. The number of hydrogen-bond acceptors (Lipinski definition) is 0. The van der Waals surface area contributed by atoms with Gasteiger partial charge in [-0.3, -0.25) is 0 Å². The van der Waals surface area contributed by atoms with Crippen molar-refractivity contribution in [2.45, 2.75) is 429 Å². The summed E-state index contributed by atoms with van der Waals surface area (Å²) in [6.07, 6.45) is 75.3. The zero-order valence-electron chi connectivity index (χ0n) is 84.2. The Kier molecular flexibility index (Phi) is 35.3. The van der Waals surface area contributed by atoms with Crippen LogP contribution in [0.25, 0.3) is 17.2 Å². The molecule has 12 fully saturated rings. The molecule has 0 aromatic heterocycles. The third-order valence-electron chi connectivity index (χ3n) is 41.6. The molecule has 0 nitrogen and oxygen atoms in total. The van der Waals surface area contributed by atoms with Crippen LogP contribution in [-0.2, 0) is 59.4 Å². The number of allylic oxidation sites excluding steroid dienone is 5. The van der Waals surface area contributed by atoms with Gasteiger partial charge in [0.05, 0.1) is 32.3 Å². The van der Waals surface area contributed by atoms with Crippen LogP contribution in [0.1, 0.15) is 376 Å². The summed E-state index contributed by atoms with van der Waals surface area (Å²) in [5, 5.41) is 0. The molecule has 0 saturated heterocycles. The first-order chi connectivity index (χ1) is 57.7. The van der Waals surface area contributed by atoms with Crippen LogP contribution in [0, 0.1) is 145 Å². The zero-order chi connectivity index (χ0) is 84.0. The Bertz CT molecular complexity index is 4010. The van der Waals surface area contributed by atoms with Gasteiger partial charge in [-0.15, -0.1) is 0 Å². The van der Waals surface area contributed by atoms with Crippen molar-refractivity contribution in [2.24, 2.45) is 130 Å². The fraction of sp³-hybridized carbons (Fsp3) is 0.774. The van der Waals surface area contributed by atoms with E-state index >= 15 is 0 Å². The molecule has 124 heavy (non-hydrogen) atoms. The average molecular weight is 1850 g/mol. The van der Waals surface area contributed by atoms with Crippen molar-refractivity contribution in [2.75, 3.05) is 0 Å². The van der Waals surface area contributed by atoms with Gasteiger partial charge in [0.1, 0.15) is 0 Å². The van der Waals surface area contributed by atoms with E-state index < -0.39 is 53.1 Å². The smallest absolute Gasteiger partial charge is 1.00 e. The molecule has 0 N–H and O–H groups in total. The van der Waals surface area contributed by atoms with E-state index in [9.17, 15) is 0 Å². The molecule has 0 radical (unpaired) electrons. The van der Waals surface area contributed by atoms with Crippen LogP contribution >= 0.6 is 17.0 Å². The Morgan fingerprint density at radius 1 is 0.331 bits per heavy atom. The minimum Gasteiger partial charge on any atom is 1.00 e. The summed E-state index contributed by atoms with van der Waals surface area (Å²) >= 11 is -0.826. The molecule has 676 valence electrons. The molecule has 18 aliphatic carbocycles. The number of aryl methyl sites for hydroxylation is 6. The van der Waals surface area contributed by atoms with Crippen LogP contribution in [0.4, 0.5) is 0 Å². The first-order valence-corrected chi connectivity index (χ1v) is 72.7. The Morgan fingerprint density at radius 3 is 1.02 bits per heavy atom. The quantitative estimate of drug-likeness (QED) is 0.0829. The van der Waals surface area contributed by atoms with Crippen molar-refractivity contribution >= 4 is 66.5 Å². The second-order valence-electron chi connectivity index (χ2n) is 49.6. The molecule has 0 bridgehead atoms. The molecule has 21 rings (SSSR count). The summed E-state index contributed by atoms with van der Waals surface area (Å²) in [5.74, 6) is 23.8. The fourth-order valence-electron chi connectivity index (χ4n) is 35.7. The van der Waals surface area contributed by atoms with Crippen LogP contribution in [0.15, 0.2) is 54.6 Å². The van der Waals surface area contributed by atoms with Crippen molar-refractivity contribution < 1.29 is 58.6 Å². The van der Waals surface area contributed by atoms with E-state index in [4.69, 9.17) is 17.0 Å². The van der Waals surface area contributed by atoms with Crippen LogP contribution < -0.4 is 37.7 Å². The predicted octanol–water partition coefficient (Wildman–Crippen LogP) is 29.6. The first kappa shape index (κ1) is 102. The normalized spacial score (nSPS) is 36.3. The molecule has 3 aromatic carbocycles. The molecule has 3 aromatic rings. The summed E-state index contributed by atoms with van der Waals surface area (Å²) in [6.45, 7) is 44.4. The molecule has 0 spiro atoms. The molecule has 0 aliphatic heterocycles. The van der Waals surface area contributed by atoms with Crippen molar-refractivity contribution in [1.82, 2.24) is 0 Å². The van der Waals surface area contributed by atoms with Crippen molar-refractivity contribution in [3.63, 3.8) is 0 Å². The second-order valence-corrected chi connectivity index (χ2v) is 73.9. The maximum atomic E-state index is 4.93. The number of halogens is 2. The zero-order valence-corrected chi connectivity index (χ0v) is 92.1. The molecule has 18 aliphatic rings. The van der Waals surface area contributed by atoms with E-state index in [0.717, 1.165) is 130 Å². The Hall–Kier alpha value is 0.405. The van der Waals surface area contributed by atoms with Gasteiger partial charge in [-0.25, -0.2) is 0 Å². The molecular weight excluding hydrogens is 1670 g/mol. The van der Waals surface area contributed by atoms with Gasteiger partial charge in [-0.05, 0) is 382 Å². The van der Waals surface area contributed by atoms with Gasteiger partial charge < -0.3 is 14.9 Å². The van der Waals surface area contributed by atoms with Gasteiger partial charge in [-0.2, -0.15) is 0 Å². The van der Waals surface area contributed by atoms with Crippen LogP contribution in [-0.4, -0.2) is 32.3 Å². The number of benzene rings is 3. The summed E-state index contributed by atoms with van der Waals surface area (Å²) in [6, 6.07) is 15.6. The summed E-state index contributed by atoms with van der Waals surface area (Å²) in [4.78, 5) is 0. The molecule has 9 heteroatoms. The maximum Gasteiger partial charge on any atom is 1.00 e. The topological polar surface area (TPSA) is 0 Å². The van der Waals surface area contributed by atoms with Gasteiger partial charge in [0, 0.05) is 0 Å². The Balaban J connectivity index is 0.000000141. The Labute approximate surface area is 812 Å². The van der Waals surface area contributed by atoms with Crippen molar-refractivity contribution in [1.29, 1.82) is 0 Å². The SMILES string of the molecule is CCCC(C)C1=CC([Si](C)(C)C)c2cc3c(cc21)CCC3.CCCC(C)C1=CC([Si](C)(C)C2C=Cc3cc4c(cc32)CCC4)c2cc3c(cc21)CCC3.CCCC(C)C1CC([Si](C)(C)C2CCC3CC4CCCC4CC32)C2CC3CCCC3CC12.CCCC(C)C1CC([Si](C)(C)C2CCC3CC4CCCC4CC32)C2CC3CCCC3CC12.[CH3-].[CH3-].[Cl][Zr+2][Cl].[Li+].[Li+].